The number of hydrogen-bond donors (Lipinski definition) is 2. The Balaban J connectivity index is 1.40. The molecule has 2 bridgehead atoms. The molecule has 0 amide bonds. The van der Waals surface area contributed by atoms with Crippen LogP contribution in [0.25, 0.3) is 10.9 Å². The largest absolute Gasteiger partial charge is 0.497 e. The van der Waals surface area contributed by atoms with Crippen molar-refractivity contribution in [3.63, 3.8) is 0 Å². The van der Waals surface area contributed by atoms with Gasteiger partial charge in [0.25, 0.3) is 10.0 Å². The van der Waals surface area contributed by atoms with Crippen LogP contribution in [0.1, 0.15) is 32.3 Å². The fraction of sp³-hybridized carbons (Fsp3) is 0.481. The van der Waals surface area contributed by atoms with E-state index in [1.54, 1.807) is 37.6 Å². The van der Waals surface area contributed by atoms with E-state index in [-0.39, 0.29) is 22.4 Å². The summed E-state index contributed by atoms with van der Waals surface area (Å²) in [4.78, 5) is 0.214. The number of epoxide rings is 1. The molecular formula is C27H32N2O5S. The summed E-state index contributed by atoms with van der Waals surface area (Å²) in [5.41, 5.74) is 1.05. The van der Waals surface area contributed by atoms with Gasteiger partial charge < -0.3 is 19.9 Å². The SMILES string of the molecule is COc1ccc(S(=O)(=O)n2cc(C[C@H]3NC(C)(C)[C@H]4C[C@@H](O)[C@]5(CO5)[C@@H]3C4)c3ccccc32)cc1. The molecule has 3 aromatic rings. The number of piperidine rings is 1. The van der Waals surface area contributed by atoms with E-state index in [1.807, 2.05) is 24.3 Å². The molecule has 1 saturated carbocycles. The Labute approximate surface area is 206 Å². The van der Waals surface area contributed by atoms with Gasteiger partial charge in [0.2, 0.25) is 0 Å². The Morgan fingerprint density at radius 3 is 2.54 bits per heavy atom. The summed E-state index contributed by atoms with van der Waals surface area (Å²) in [5, 5.41) is 15.7. The fourth-order valence-electron chi connectivity index (χ4n) is 6.47. The van der Waals surface area contributed by atoms with Crippen molar-refractivity contribution in [3.8, 4) is 5.75 Å². The lowest BCUT2D eigenvalue weighted by Gasteiger charge is -2.54. The van der Waals surface area contributed by atoms with E-state index >= 15 is 0 Å². The van der Waals surface area contributed by atoms with Crippen LogP contribution in [0, 0.1) is 11.8 Å². The molecule has 1 spiro atoms. The number of aromatic nitrogens is 1. The minimum Gasteiger partial charge on any atom is -0.497 e. The van der Waals surface area contributed by atoms with E-state index in [4.69, 9.17) is 9.47 Å². The average Bonchev–Trinajstić information content (AvgIpc) is 3.55. The molecule has 2 N–H and O–H groups in total. The number of benzene rings is 2. The molecule has 5 atom stereocenters. The predicted molar refractivity (Wildman–Crippen MR) is 133 cm³/mol. The van der Waals surface area contributed by atoms with Gasteiger partial charge in [0.05, 0.1) is 30.2 Å². The number of hydrogen-bond acceptors (Lipinski definition) is 6. The number of ether oxygens (including phenoxy) is 2. The zero-order valence-electron chi connectivity index (χ0n) is 20.3. The first kappa shape index (κ1) is 23.0. The molecule has 186 valence electrons. The van der Waals surface area contributed by atoms with E-state index in [0.29, 0.717) is 30.2 Å². The predicted octanol–water partition coefficient (Wildman–Crippen LogP) is 3.34. The number of nitrogens with one attached hydrogen (secondary N) is 1. The molecule has 8 heteroatoms. The Bertz CT molecular complexity index is 1370. The van der Waals surface area contributed by atoms with Gasteiger partial charge in [-0.15, -0.1) is 0 Å². The number of fused-ring (bicyclic) bond motifs is 4. The van der Waals surface area contributed by atoms with E-state index < -0.39 is 21.7 Å². The first-order chi connectivity index (χ1) is 16.7. The Morgan fingerprint density at radius 2 is 1.86 bits per heavy atom. The van der Waals surface area contributed by atoms with Crippen molar-refractivity contribution in [2.75, 3.05) is 13.7 Å². The summed E-state index contributed by atoms with van der Waals surface area (Å²) in [6.07, 6.45) is 3.73. The third-order valence-corrected chi connectivity index (χ3v) is 10.3. The van der Waals surface area contributed by atoms with Crippen LogP contribution in [0.3, 0.4) is 0 Å². The van der Waals surface area contributed by atoms with Crippen LogP contribution in [-0.2, 0) is 21.2 Å². The molecule has 7 nitrogen and oxygen atoms in total. The number of nitrogens with zero attached hydrogens (tertiary/aromatic N) is 1. The maximum Gasteiger partial charge on any atom is 0.268 e. The first-order valence-corrected chi connectivity index (χ1v) is 13.7. The quantitative estimate of drug-likeness (QED) is 0.527. The summed E-state index contributed by atoms with van der Waals surface area (Å²) in [6.45, 7) is 5.01. The first-order valence-electron chi connectivity index (χ1n) is 12.2. The highest BCUT2D eigenvalue weighted by Crippen LogP contribution is 2.54. The summed E-state index contributed by atoms with van der Waals surface area (Å²) in [6, 6.07) is 14.2. The van der Waals surface area contributed by atoms with Crippen LogP contribution in [0.4, 0.5) is 0 Å². The van der Waals surface area contributed by atoms with Gasteiger partial charge in [0, 0.05) is 29.1 Å². The highest BCUT2D eigenvalue weighted by atomic mass is 32.2. The van der Waals surface area contributed by atoms with E-state index in [9.17, 15) is 13.5 Å². The van der Waals surface area contributed by atoms with Gasteiger partial charge in [-0.2, -0.15) is 0 Å². The van der Waals surface area contributed by atoms with Gasteiger partial charge in [0.15, 0.2) is 0 Å². The Kier molecular flexibility index (Phi) is 5.14. The minimum atomic E-state index is -3.79. The molecule has 0 unspecified atom stereocenters. The lowest BCUT2D eigenvalue weighted by atomic mass is 9.60. The van der Waals surface area contributed by atoms with Crippen LogP contribution in [0.15, 0.2) is 59.6 Å². The topological polar surface area (TPSA) is 93.1 Å². The molecule has 2 aliphatic heterocycles. The number of para-hydroxylation sites is 1. The molecule has 1 aromatic heterocycles. The monoisotopic (exact) mass is 496 g/mol. The number of methoxy groups -OCH3 is 1. The molecule has 0 radical (unpaired) electrons. The molecule has 3 fully saturated rings. The summed E-state index contributed by atoms with van der Waals surface area (Å²) >= 11 is 0. The van der Waals surface area contributed by atoms with Crippen molar-refractivity contribution in [3.05, 3.63) is 60.3 Å². The number of aliphatic hydroxyl groups excluding tert-OH is 1. The van der Waals surface area contributed by atoms with E-state index in [0.717, 1.165) is 23.8 Å². The van der Waals surface area contributed by atoms with Crippen LogP contribution in [-0.4, -0.2) is 54.5 Å². The fourth-order valence-corrected chi connectivity index (χ4v) is 7.86. The second kappa shape index (κ2) is 7.80. The molecule has 2 saturated heterocycles. The van der Waals surface area contributed by atoms with Crippen molar-refractivity contribution >= 4 is 20.9 Å². The standard InChI is InChI=1S/C27H32N2O5S/c1-26(2)18-13-22(27(16-34-27)25(30)14-18)23(28-26)12-17-15-29(24-7-5-4-6-21(17)24)35(31,32)20-10-8-19(33-3)9-11-20/h4-11,15,18,22-23,25,28,30H,12-14,16H2,1-3H3/t18-,22-,23-,25-,27+/m1/s1. The van der Waals surface area contributed by atoms with Crippen LogP contribution in [0.5, 0.6) is 5.75 Å². The second-order valence-electron chi connectivity index (χ2n) is 10.9. The number of rotatable bonds is 5. The second-order valence-corrected chi connectivity index (χ2v) is 12.7. The summed E-state index contributed by atoms with van der Waals surface area (Å²) in [7, 11) is -2.24. The maximum absolute atomic E-state index is 13.6. The molecule has 35 heavy (non-hydrogen) atoms. The van der Waals surface area contributed by atoms with Crippen molar-refractivity contribution in [1.29, 1.82) is 0 Å². The minimum absolute atomic E-state index is 0.0710. The summed E-state index contributed by atoms with van der Waals surface area (Å²) in [5.74, 6) is 1.17. The van der Waals surface area contributed by atoms with Gasteiger partial charge >= 0.3 is 0 Å². The zero-order valence-corrected chi connectivity index (χ0v) is 21.1. The van der Waals surface area contributed by atoms with Crippen LogP contribution < -0.4 is 10.1 Å². The lowest BCUT2D eigenvalue weighted by Crippen LogP contribution is -2.67. The lowest BCUT2D eigenvalue weighted by molar-refractivity contribution is -0.0769. The number of aliphatic hydroxyl groups is 1. The van der Waals surface area contributed by atoms with Crippen molar-refractivity contribution in [2.24, 2.45) is 11.8 Å². The van der Waals surface area contributed by atoms with Crippen molar-refractivity contribution < 1.29 is 23.0 Å². The normalized spacial score (nSPS) is 31.5. The van der Waals surface area contributed by atoms with Crippen LogP contribution >= 0.6 is 0 Å². The van der Waals surface area contributed by atoms with E-state index in [2.05, 4.69) is 19.2 Å². The van der Waals surface area contributed by atoms with Crippen molar-refractivity contribution in [1.82, 2.24) is 9.29 Å². The molecule has 2 aromatic carbocycles. The Hall–Kier alpha value is -2.39. The van der Waals surface area contributed by atoms with Gasteiger partial charge in [-0.3, -0.25) is 0 Å². The Morgan fingerprint density at radius 1 is 1.14 bits per heavy atom. The highest BCUT2D eigenvalue weighted by molar-refractivity contribution is 7.90. The molecule has 6 rings (SSSR count). The van der Waals surface area contributed by atoms with E-state index in [1.165, 1.54) is 3.97 Å². The van der Waals surface area contributed by atoms with Crippen LogP contribution in [0.2, 0.25) is 0 Å². The third kappa shape index (κ3) is 3.53. The van der Waals surface area contributed by atoms with Gasteiger partial charge in [0.1, 0.15) is 11.4 Å². The molecular weight excluding hydrogens is 464 g/mol. The van der Waals surface area contributed by atoms with Gasteiger partial charge in [-0.05, 0) is 74.9 Å². The third-order valence-electron chi connectivity index (χ3n) is 8.60. The molecule has 3 heterocycles. The zero-order chi connectivity index (χ0) is 24.6. The molecule has 3 aliphatic rings. The van der Waals surface area contributed by atoms with Gasteiger partial charge in [-0.25, -0.2) is 12.4 Å². The summed E-state index contributed by atoms with van der Waals surface area (Å²) < 4.78 is 39.8. The maximum atomic E-state index is 13.6. The smallest absolute Gasteiger partial charge is 0.268 e. The molecule has 1 aliphatic carbocycles. The van der Waals surface area contributed by atoms with Gasteiger partial charge in [-0.1, -0.05) is 18.2 Å². The van der Waals surface area contributed by atoms with Crippen molar-refractivity contribution in [2.45, 2.75) is 61.3 Å². The highest BCUT2D eigenvalue weighted by Gasteiger charge is 2.65. The average molecular weight is 497 g/mol.